The van der Waals surface area contributed by atoms with Crippen molar-refractivity contribution in [2.75, 3.05) is 6.54 Å². The highest BCUT2D eigenvalue weighted by atomic mass is 16.2. The smallest absolute Gasteiger partial charge is 0.225 e. The summed E-state index contributed by atoms with van der Waals surface area (Å²) in [6.07, 6.45) is 5.69. The van der Waals surface area contributed by atoms with Crippen molar-refractivity contribution in [1.29, 1.82) is 0 Å². The number of hydrogen-bond acceptors (Lipinski definition) is 2. The van der Waals surface area contributed by atoms with Gasteiger partial charge < -0.3 is 10.6 Å². The van der Waals surface area contributed by atoms with Gasteiger partial charge in [0, 0.05) is 19.0 Å². The molecule has 0 radical (unpaired) electrons. The van der Waals surface area contributed by atoms with E-state index in [9.17, 15) is 9.59 Å². The summed E-state index contributed by atoms with van der Waals surface area (Å²) in [6.45, 7) is 5.09. The van der Waals surface area contributed by atoms with Crippen LogP contribution in [-0.4, -0.2) is 24.4 Å². The van der Waals surface area contributed by atoms with Crippen molar-refractivity contribution in [3.63, 3.8) is 0 Å². The number of amides is 2. The minimum Gasteiger partial charge on any atom is -0.355 e. The monoisotopic (exact) mass is 252 g/mol. The van der Waals surface area contributed by atoms with E-state index in [1.54, 1.807) is 0 Å². The maximum atomic E-state index is 12.1. The largest absolute Gasteiger partial charge is 0.355 e. The first-order valence-corrected chi connectivity index (χ1v) is 7.03. The number of hydrogen-bond donors (Lipinski definition) is 2. The molecule has 0 aromatic carbocycles. The highest BCUT2D eigenvalue weighted by molar-refractivity contribution is 5.83. The van der Waals surface area contributed by atoms with Crippen molar-refractivity contribution < 1.29 is 9.59 Å². The van der Waals surface area contributed by atoms with Crippen LogP contribution in [0.15, 0.2) is 0 Å². The lowest BCUT2D eigenvalue weighted by Crippen LogP contribution is -2.47. The fourth-order valence-corrected chi connectivity index (χ4v) is 2.82. The van der Waals surface area contributed by atoms with E-state index in [0.29, 0.717) is 30.8 Å². The zero-order valence-corrected chi connectivity index (χ0v) is 11.4. The van der Waals surface area contributed by atoms with Gasteiger partial charge in [0.1, 0.15) is 0 Å². The first-order chi connectivity index (χ1) is 8.46. The molecular weight excluding hydrogens is 228 g/mol. The van der Waals surface area contributed by atoms with Gasteiger partial charge in [0.25, 0.3) is 0 Å². The highest BCUT2D eigenvalue weighted by Gasteiger charge is 2.30. The fraction of sp³-hybridized carbons (Fsp3) is 0.857. The summed E-state index contributed by atoms with van der Waals surface area (Å²) in [4.78, 5) is 23.1. The molecule has 4 heteroatoms. The average Bonchev–Trinajstić information content (AvgIpc) is 2.33. The Morgan fingerprint density at radius 2 is 1.94 bits per heavy atom. The maximum absolute atomic E-state index is 12.1. The Kier molecular flexibility index (Phi) is 3.93. The van der Waals surface area contributed by atoms with Gasteiger partial charge in [0.2, 0.25) is 11.8 Å². The molecule has 102 valence electrons. The van der Waals surface area contributed by atoms with Crippen molar-refractivity contribution in [3.05, 3.63) is 0 Å². The van der Waals surface area contributed by atoms with Gasteiger partial charge in [0.15, 0.2) is 0 Å². The van der Waals surface area contributed by atoms with E-state index in [1.807, 2.05) is 0 Å². The van der Waals surface area contributed by atoms with Crippen LogP contribution in [0.25, 0.3) is 0 Å². The van der Waals surface area contributed by atoms with Crippen LogP contribution in [0.3, 0.4) is 0 Å². The van der Waals surface area contributed by atoms with Gasteiger partial charge in [-0.2, -0.15) is 0 Å². The van der Waals surface area contributed by atoms with E-state index in [4.69, 9.17) is 0 Å². The third-order valence-electron chi connectivity index (χ3n) is 4.32. The molecule has 1 atom stereocenters. The number of rotatable bonds is 2. The summed E-state index contributed by atoms with van der Waals surface area (Å²) in [6, 6.07) is 0.336. The van der Waals surface area contributed by atoms with E-state index >= 15 is 0 Å². The van der Waals surface area contributed by atoms with E-state index in [1.165, 1.54) is 12.8 Å². The topological polar surface area (TPSA) is 58.2 Å². The summed E-state index contributed by atoms with van der Waals surface area (Å²) < 4.78 is 0. The number of carbonyl (C=O) groups excluding carboxylic acids is 2. The van der Waals surface area contributed by atoms with Crippen molar-refractivity contribution in [1.82, 2.24) is 10.6 Å². The highest BCUT2D eigenvalue weighted by Crippen LogP contribution is 2.35. The first-order valence-electron chi connectivity index (χ1n) is 7.03. The molecule has 1 saturated heterocycles. The van der Waals surface area contributed by atoms with Crippen LogP contribution >= 0.6 is 0 Å². The fourth-order valence-electron chi connectivity index (χ4n) is 2.82. The van der Waals surface area contributed by atoms with Crippen LogP contribution < -0.4 is 10.6 Å². The predicted octanol–water partition coefficient (Wildman–Crippen LogP) is 1.60. The van der Waals surface area contributed by atoms with Crippen LogP contribution in [0.2, 0.25) is 0 Å². The number of piperidine rings is 1. The molecule has 2 amide bonds. The second-order valence-electron chi connectivity index (χ2n) is 6.49. The SMILES string of the molecule is CC1(C)CCC(NC(=O)C2CCC(=O)NC2)CC1. The summed E-state index contributed by atoms with van der Waals surface area (Å²) in [7, 11) is 0. The third-order valence-corrected chi connectivity index (χ3v) is 4.32. The lowest BCUT2D eigenvalue weighted by molar-refractivity contribution is -0.129. The van der Waals surface area contributed by atoms with Crippen molar-refractivity contribution in [2.45, 2.75) is 58.4 Å². The van der Waals surface area contributed by atoms with Gasteiger partial charge in [-0.25, -0.2) is 0 Å². The lowest BCUT2D eigenvalue weighted by atomic mass is 9.75. The van der Waals surface area contributed by atoms with E-state index < -0.39 is 0 Å². The van der Waals surface area contributed by atoms with Crippen molar-refractivity contribution in [2.24, 2.45) is 11.3 Å². The second-order valence-corrected chi connectivity index (χ2v) is 6.49. The minimum absolute atomic E-state index is 0.0300. The van der Waals surface area contributed by atoms with Crippen molar-refractivity contribution >= 4 is 11.8 Å². The van der Waals surface area contributed by atoms with Crippen molar-refractivity contribution in [3.8, 4) is 0 Å². The Morgan fingerprint density at radius 3 is 2.50 bits per heavy atom. The molecule has 18 heavy (non-hydrogen) atoms. The molecule has 2 rings (SSSR count). The molecule has 2 N–H and O–H groups in total. The van der Waals surface area contributed by atoms with E-state index in [2.05, 4.69) is 24.5 Å². The molecule has 1 heterocycles. The van der Waals surface area contributed by atoms with Crippen LogP contribution in [0.1, 0.15) is 52.4 Å². The Balaban J connectivity index is 1.76. The van der Waals surface area contributed by atoms with Gasteiger partial charge in [-0.3, -0.25) is 9.59 Å². The Bertz CT molecular complexity index is 319. The molecule has 0 spiro atoms. The van der Waals surface area contributed by atoms with Gasteiger partial charge in [-0.05, 0) is 37.5 Å². The van der Waals surface area contributed by atoms with E-state index in [-0.39, 0.29) is 17.7 Å². The standard InChI is InChI=1S/C14H24N2O2/c1-14(2)7-5-11(6-8-14)16-13(18)10-3-4-12(17)15-9-10/h10-11H,3-9H2,1-2H3,(H,15,17)(H,16,18). The molecule has 0 aromatic rings. The molecule has 0 aromatic heterocycles. The molecule has 2 aliphatic rings. The minimum atomic E-state index is -0.0300. The zero-order valence-electron chi connectivity index (χ0n) is 11.4. The summed E-state index contributed by atoms with van der Waals surface area (Å²) >= 11 is 0. The second kappa shape index (κ2) is 5.29. The van der Waals surface area contributed by atoms with Crippen LogP contribution in [-0.2, 0) is 9.59 Å². The van der Waals surface area contributed by atoms with Gasteiger partial charge in [-0.15, -0.1) is 0 Å². The molecule has 1 unspecified atom stereocenters. The average molecular weight is 252 g/mol. The van der Waals surface area contributed by atoms with E-state index in [0.717, 1.165) is 12.8 Å². The number of carbonyl (C=O) groups is 2. The zero-order chi connectivity index (χ0) is 13.2. The molecule has 1 aliphatic carbocycles. The normalized spacial score (nSPS) is 28.6. The first kappa shape index (κ1) is 13.4. The lowest BCUT2D eigenvalue weighted by Gasteiger charge is -2.35. The molecule has 0 bridgehead atoms. The van der Waals surface area contributed by atoms with Gasteiger partial charge in [-0.1, -0.05) is 13.8 Å². The number of nitrogens with one attached hydrogen (secondary N) is 2. The molecule has 1 aliphatic heterocycles. The summed E-state index contributed by atoms with van der Waals surface area (Å²) in [5, 5.41) is 5.91. The Hall–Kier alpha value is -1.06. The quantitative estimate of drug-likeness (QED) is 0.784. The van der Waals surface area contributed by atoms with Crippen LogP contribution in [0, 0.1) is 11.3 Å². The van der Waals surface area contributed by atoms with Gasteiger partial charge in [0.05, 0.1) is 5.92 Å². The molecule has 4 nitrogen and oxygen atoms in total. The third kappa shape index (κ3) is 3.47. The maximum Gasteiger partial charge on any atom is 0.225 e. The predicted molar refractivity (Wildman–Crippen MR) is 69.9 cm³/mol. The molecular formula is C14H24N2O2. The van der Waals surface area contributed by atoms with Crippen LogP contribution in [0.4, 0.5) is 0 Å². The van der Waals surface area contributed by atoms with Gasteiger partial charge >= 0.3 is 0 Å². The van der Waals surface area contributed by atoms with Crippen LogP contribution in [0.5, 0.6) is 0 Å². The Morgan fingerprint density at radius 1 is 1.28 bits per heavy atom. The summed E-state index contributed by atoms with van der Waals surface area (Å²) in [5.74, 6) is 0.163. The molecule has 2 fully saturated rings. The Labute approximate surface area is 109 Å². The summed E-state index contributed by atoms with van der Waals surface area (Å²) in [5.41, 5.74) is 0.431. The molecule has 1 saturated carbocycles.